The third-order valence-corrected chi connectivity index (χ3v) is 6.89. The van der Waals surface area contributed by atoms with Gasteiger partial charge >= 0.3 is 0 Å². The fourth-order valence-electron chi connectivity index (χ4n) is 3.32. The van der Waals surface area contributed by atoms with Gasteiger partial charge < -0.3 is 39.9 Å². The Morgan fingerprint density at radius 2 is 1.36 bits per heavy atom. The van der Waals surface area contributed by atoms with Gasteiger partial charge in [0.05, 0.1) is 64.4 Å². The number of ether oxygens (including phenoxy) is 6. The van der Waals surface area contributed by atoms with E-state index in [2.05, 4.69) is 9.71 Å². The summed E-state index contributed by atoms with van der Waals surface area (Å²) in [7, 11) is -2.27. The quantitative estimate of drug-likeness (QED) is 0.0782. The number of hydrogen-bond donors (Lipinski definition) is 3. The molecule has 0 heterocycles. The van der Waals surface area contributed by atoms with E-state index in [0.29, 0.717) is 46.2 Å². The first-order chi connectivity index (χ1) is 21.0. The van der Waals surface area contributed by atoms with E-state index >= 15 is 0 Å². The van der Waals surface area contributed by atoms with Crippen molar-refractivity contribution in [2.45, 2.75) is 11.8 Å². The molecule has 0 aliphatic heterocycles. The van der Waals surface area contributed by atoms with Gasteiger partial charge in [0.15, 0.2) is 23.3 Å². The second-order valence-corrected chi connectivity index (χ2v) is 10.7. The van der Waals surface area contributed by atoms with Crippen molar-refractivity contribution in [2.24, 2.45) is 16.5 Å². The van der Waals surface area contributed by atoms with Crippen molar-refractivity contribution < 1.29 is 50.4 Å². The first kappa shape index (κ1) is 36.7. The lowest BCUT2D eigenvalue weighted by Crippen LogP contribution is -2.27. The molecular weight excluding hydrogens is 606 g/mol. The lowest BCUT2D eigenvalue weighted by atomic mass is 10.1. The zero-order valence-electron chi connectivity index (χ0n) is 24.6. The SMILES string of the molecule is COCCOCCOCCOCCOCCNS(=O)(=O)c1ccc(Oc2c(F)cc(/C=C(\C)C(=O)N=C(N)N)cc2F)cc1. The largest absolute Gasteiger partial charge is 0.451 e. The lowest BCUT2D eigenvalue weighted by Gasteiger charge is -2.11. The summed E-state index contributed by atoms with van der Waals surface area (Å²) in [6.45, 7) is 4.89. The minimum atomic E-state index is -3.87. The Labute approximate surface area is 255 Å². The normalized spacial score (nSPS) is 11.9. The molecule has 44 heavy (non-hydrogen) atoms. The molecule has 0 fully saturated rings. The maximum atomic E-state index is 14.6. The van der Waals surface area contributed by atoms with Gasteiger partial charge in [0.25, 0.3) is 5.91 Å². The summed E-state index contributed by atoms with van der Waals surface area (Å²) in [5.41, 5.74) is 10.4. The highest BCUT2D eigenvalue weighted by Gasteiger charge is 2.17. The molecule has 5 N–H and O–H groups in total. The minimum Gasteiger partial charge on any atom is -0.451 e. The van der Waals surface area contributed by atoms with E-state index in [4.69, 9.17) is 39.9 Å². The second-order valence-electron chi connectivity index (χ2n) is 8.90. The van der Waals surface area contributed by atoms with Crippen LogP contribution in [0.1, 0.15) is 12.5 Å². The highest BCUT2D eigenvalue weighted by atomic mass is 32.2. The van der Waals surface area contributed by atoms with Crippen molar-refractivity contribution in [2.75, 3.05) is 73.1 Å². The fraction of sp³-hybridized carbons (Fsp3) is 0.429. The Kier molecular flexibility index (Phi) is 16.4. The van der Waals surface area contributed by atoms with Gasteiger partial charge in [-0.05, 0) is 55.0 Å². The molecule has 1 amide bonds. The molecule has 2 aromatic rings. The molecule has 0 bridgehead atoms. The molecule has 0 aliphatic rings. The maximum Gasteiger partial charge on any atom is 0.275 e. The number of carbonyl (C=O) groups is 1. The van der Waals surface area contributed by atoms with Crippen LogP contribution in [0.4, 0.5) is 8.78 Å². The Morgan fingerprint density at radius 3 is 1.86 bits per heavy atom. The van der Waals surface area contributed by atoms with Crippen LogP contribution in [0.25, 0.3) is 6.08 Å². The molecule has 244 valence electrons. The number of sulfonamides is 1. The van der Waals surface area contributed by atoms with E-state index in [0.717, 1.165) is 12.1 Å². The van der Waals surface area contributed by atoms with E-state index in [1.54, 1.807) is 7.11 Å². The smallest absolute Gasteiger partial charge is 0.275 e. The van der Waals surface area contributed by atoms with E-state index in [1.165, 1.54) is 37.3 Å². The van der Waals surface area contributed by atoms with Crippen LogP contribution in [-0.2, 0) is 38.5 Å². The van der Waals surface area contributed by atoms with Gasteiger partial charge in [-0.3, -0.25) is 4.79 Å². The molecule has 16 heteroatoms. The van der Waals surface area contributed by atoms with Crippen molar-refractivity contribution in [1.82, 2.24) is 4.72 Å². The standard InChI is InChI=1S/C28H38F2N4O9S/c1-20(27(35)34-28(31)32)17-21-18-24(29)26(25(30)19-21)43-22-3-5-23(6-4-22)44(36,37)33-7-8-39-11-12-41-15-16-42-14-13-40-10-9-38-2/h3-6,17-19,33H,7-16H2,1-2H3,(H4,31,32,34,35)/b20-17+. The van der Waals surface area contributed by atoms with Crippen molar-refractivity contribution in [3.63, 3.8) is 0 Å². The van der Waals surface area contributed by atoms with Crippen LogP contribution in [-0.4, -0.2) is 93.4 Å². The van der Waals surface area contributed by atoms with Crippen LogP contribution in [0.5, 0.6) is 11.5 Å². The van der Waals surface area contributed by atoms with E-state index < -0.39 is 39.3 Å². The molecule has 0 radical (unpaired) electrons. The van der Waals surface area contributed by atoms with Crippen molar-refractivity contribution in [3.05, 3.63) is 59.2 Å². The Bertz CT molecular complexity index is 1330. The van der Waals surface area contributed by atoms with Gasteiger partial charge in [-0.15, -0.1) is 0 Å². The fourth-order valence-corrected chi connectivity index (χ4v) is 4.33. The summed E-state index contributed by atoms with van der Waals surface area (Å²) >= 11 is 0. The molecule has 2 aromatic carbocycles. The summed E-state index contributed by atoms with van der Waals surface area (Å²) in [6, 6.07) is 6.88. The zero-order valence-corrected chi connectivity index (χ0v) is 25.4. The third-order valence-electron chi connectivity index (χ3n) is 5.41. The van der Waals surface area contributed by atoms with Gasteiger partial charge in [-0.25, -0.2) is 21.9 Å². The monoisotopic (exact) mass is 644 g/mol. The molecule has 0 spiro atoms. The third kappa shape index (κ3) is 13.9. The summed E-state index contributed by atoms with van der Waals surface area (Å²) in [4.78, 5) is 15.1. The summed E-state index contributed by atoms with van der Waals surface area (Å²) in [5, 5.41) is 0. The second kappa shape index (κ2) is 19.7. The first-order valence-corrected chi connectivity index (χ1v) is 14.9. The number of nitrogens with zero attached hydrogens (tertiary/aromatic N) is 1. The molecular formula is C28H38F2N4O9S. The Morgan fingerprint density at radius 1 is 0.864 bits per heavy atom. The van der Waals surface area contributed by atoms with Gasteiger partial charge in [0, 0.05) is 19.2 Å². The minimum absolute atomic E-state index is 0.00620. The molecule has 0 saturated heterocycles. The van der Waals surface area contributed by atoms with Crippen LogP contribution in [0, 0.1) is 11.6 Å². The average molecular weight is 645 g/mol. The number of methoxy groups -OCH3 is 1. The van der Waals surface area contributed by atoms with Crippen molar-refractivity contribution in [3.8, 4) is 11.5 Å². The van der Waals surface area contributed by atoms with Gasteiger partial charge in [0.2, 0.25) is 10.0 Å². The average Bonchev–Trinajstić information content (AvgIpc) is 2.97. The predicted molar refractivity (Wildman–Crippen MR) is 158 cm³/mol. The van der Waals surface area contributed by atoms with Gasteiger partial charge in [0.1, 0.15) is 5.75 Å². The maximum absolute atomic E-state index is 14.6. The number of nitrogens with two attached hydrogens (primary N) is 2. The lowest BCUT2D eigenvalue weighted by molar-refractivity contribution is -0.114. The molecule has 0 aliphatic carbocycles. The molecule has 13 nitrogen and oxygen atoms in total. The number of halogens is 2. The van der Waals surface area contributed by atoms with E-state index in [1.807, 2.05) is 0 Å². The first-order valence-electron chi connectivity index (χ1n) is 13.4. The molecule has 2 rings (SSSR count). The van der Waals surface area contributed by atoms with Crippen LogP contribution < -0.4 is 20.9 Å². The highest BCUT2D eigenvalue weighted by Crippen LogP contribution is 2.30. The van der Waals surface area contributed by atoms with Crippen LogP contribution in [0.2, 0.25) is 0 Å². The number of amides is 1. The number of carbonyl (C=O) groups excluding carboxylic acids is 1. The van der Waals surface area contributed by atoms with Crippen LogP contribution >= 0.6 is 0 Å². The summed E-state index contributed by atoms with van der Waals surface area (Å²) < 4.78 is 88.2. The van der Waals surface area contributed by atoms with Crippen LogP contribution in [0.3, 0.4) is 0 Å². The molecule has 0 aromatic heterocycles. The number of hydrogen-bond acceptors (Lipinski definition) is 9. The van der Waals surface area contributed by atoms with E-state index in [-0.39, 0.29) is 41.5 Å². The van der Waals surface area contributed by atoms with Gasteiger partial charge in [-0.1, -0.05) is 0 Å². The number of nitrogens with one attached hydrogen (secondary N) is 1. The summed E-state index contributed by atoms with van der Waals surface area (Å²) in [5.74, 6) is -4.01. The molecule has 0 saturated carbocycles. The van der Waals surface area contributed by atoms with Crippen LogP contribution in [0.15, 0.2) is 51.9 Å². The number of guanidine groups is 1. The number of rotatable bonds is 21. The predicted octanol–water partition coefficient (Wildman–Crippen LogP) is 1.95. The van der Waals surface area contributed by atoms with Crippen molar-refractivity contribution in [1.29, 1.82) is 0 Å². The number of aliphatic imine (C=N–C) groups is 1. The topological polar surface area (TPSA) is 183 Å². The highest BCUT2D eigenvalue weighted by molar-refractivity contribution is 7.89. The molecule has 0 unspecified atom stereocenters. The summed E-state index contributed by atoms with van der Waals surface area (Å²) in [6.07, 6.45) is 1.21. The zero-order chi connectivity index (χ0) is 32.4. The number of benzene rings is 2. The van der Waals surface area contributed by atoms with E-state index in [9.17, 15) is 22.0 Å². The Balaban J connectivity index is 1.74. The Hall–Kier alpha value is -3.51. The van der Waals surface area contributed by atoms with Gasteiger partial charge in [-0.2, -0.15) is 4.99 Å². The molecule has 0 atom stereocenters. The van der Waals surface area contributed by atoms with Crippen molar-refractivity contribution >= 4 is 28.0 Å².